The van der Waals surface area contributed by atoms with Crippen molar-refractivity contribution in [3.8, 4) is 0 Å². The smallest absolute Gasteiger partial charge is 0.249 e. The number of nitrogens with zero attached hydrogens (tertiary/aromatic N) is 1. The number of hydrogen-bond acceptors (Lipinski definition) is 2. The standard InChI is InChI=1S/C27H20N2O2/c28-27(31)22-10-6-12-24-25(22)21-9-4-5-11-23(21)29(24)17-18-13-15-20(16-14-18)26(30)19-7-2-1-3-8-19/h1-16H,17H2,(H2,28,31). The van der Waals surface area contributed by atoms with E-state index in [1.807, 2.05) is 91.0 Å². The second kappa shape index (κ2) is 7.58. The third-order valence-corrected chi connectivity index (χ3v) is 5.66. The van der Waals surface area contributed by atoms with Crippen LogP contribution in [0.2, 0.25) is 0 Å². The predicted molar refractivity (Wildman–Crippen MR) is 123 cm³/mol. The molecule has 0 aliphatic heterocycles. The fourth-order valence-electron chi connectivity index (χ4n) is 4.17. The van der Waals surface area contributed by atoms with Crippen molar-refractivity contribution in [2.24, 2.45) is 5.73 Å². The van der Waals surface area contributed by atoms with E-state index < -0.39 is 5.91 Å². The van der Waals surface area contributed by atoms with Gasteiger partial charge in [0.2, 0.25) is 5.91 Å². The number of ketones is 1. The van der Waals surface area contributed by atoms with Gasteiger partial charge in [0.05, 0.1) is 5.52 Å². The molecule has 2 N–H and O–H groups in total. The summed E-state index contributed by atoms with van der Waals surface area (Å²) in [6.45, 7) is 0.617. The molecule has 4 nitrogen and oxygen atoms in total. The predicted octanol–water partition coefficient (Wildman–Crippen LogP) is 5.17. The van der Waals surface area contributed by atoms with Crippen LogP contribution in [0.1, 0.15) is 31.8 Å². The molecule has 31 heavy (non-hydrogen) atoms. The molecule has 0 aliphatic carbocycles. The Morgan fingerprint density at radius 3 is 2.06 bits per heavy atom. The largest absolute Gasteiger partial charge is 0.366 e. The van der Waals surface area contributed by atoms with E-state index in [0.717, 1.165) is 27.4 Å². The van der Waals surface area contributed by atoms with Crippen LogP contribution in [-0.4, -0.2) is 16.3 Å². The first-order chi connectivity index (χ1) is 15.1. The molecular formula is C27H20N2O2. The van der Waals surface area contributed by atoms with E-state index in [0.29, 0.717) is 23.2 Å². The molecule has 0 saturated heterocycles. The molecule has 1 amide bonds. The van der Waals surface area contributed by atoms with Gasteiger partial charge in [-0.1, -0.05) is 78.9 Å². The van der Waals surface area contributed by atoms with Gasteiger partial charge in [-0.3, -0.25) is 9.59 Å². The Hall–Kier alpha value is -4.18. The second-order valence-electron chi connectivity index (χ2n) is 7.56. The lowest BCUT2D eigenvalue weighted by molar-refractivity contribution is 0.1000. The van der Waals surface area contributed by atoms with E-state index >= 15 is 0 Å². The molecule has 0 unspecified atom stereocenters. The van der Waals surface area contributed by atoms with E-state index in [2.05, 4.69) is 4.57 Å². The van der Waals surface area contributed by atoms with Crippen molar-refractivity contribution in [2.75, 3.05) is 0 Å². The maximum absolute atomic E-state index is 12.7. The van der Waals surface area contributed by atoms with Crippen molar-refractivity contribution in [1.29, 1.82) is 0 Å². The van der Waals surface area contributed by atoms with Crippen LogP contribution in [0.15, 0.2) is 97.1 Å². The summed E-state index contributed by atoms with van der Waals surface area (Å²) in [7, 11) is 0. The molecule has 5 rings (SSSR count). The topological polar surface area (TPSA) is 65.1 Å². The summed E-state index contributed by atoms with van der Waals surface area (Å²) in [4.78, 5) is 24.7. The molecule has 5 aromatic rings. The number of amides is 1. The van der Waals surface area contributed by atoms with Gasteiger partial charge in [0.25, 0.3) is 0 Å². The highest BCUT2D eigenvalue weighted by molar-refractivity contribution is 6.17. The van der Waals surface area contributed by atoms with Gasteiger partial charge in [-0.05, 0) is 23.8 Å². The average molecular weight is 404 g/mol. The SMILES string of the molecule is NC(=O)c1cccc2c1c1ccccc1n2Cc1ccc(C(=O)c2ccccc2)cc1. The number of hydrogen-bond donors (Lipinski definition) is 1. The maximum atomic E-state index is 12.7. The zero-order chi connectivity index (χ0) is 21.4. The summed E-state index contributed by atoms with van der Waals surface area (Å²) >= 11 is 0. The fraction of sp³-hybridized carbons (Fsp3) is 0.0370. The Bertz CT molecular complexity index is 1430. The number of para-hydroxylation sites is 1. The molecule has 4 heteroatoms. The van der Waals surface area contributed by atoms with Crippen LogP contribution in [0.5, 0.6) is 0 Å². The first-order valence-electron chi connectivity index (χ1n) is 10.1. The molecule has 0 fully saturated rings. The van der Waals surface area contributed by atoms with Crippen LogP contribution >= 0.6 is 0 Å². The lowest BCUT2D eigenvalue weighted by Crippen LogP contribution is -2.11. The lowest BCUT2D eigenvalue weighted by Gasteiger charge is -2.09. The van der Waals surface area contributed by atoms with Gasteiger partial charge in [0.1, 0.15) is 0 Å². The first-order valence-corrected chi connectivity index (χ1v) is 10.1. The van der Waals surface area contributed by atoms with E-state index in [-0.39, 0.29) is 5.78 Å². The minimum absolute atomic E-state index is 0.00936. The second-order valence-corrected chi connectivity index (χ2v) is 7.56. The molecule has 0 bridgehead atoms. The molecular weight excluding hydrogens is 384 g/mol. The van der Waals surface area contributed by atoms with Crippen LogP contribution in [0.4, 0.5) is 0 Å². The van der Waals surface area contributed by atoms with E-state index in [9.17, 15) is 9.59 Å². The highest BCUT2D eigenvalue weighted by atomic mass is 16.1. The van der Waals surface area contributed by atoms with Gasteiger partial charge in [0.15, 0.2) is 5.78 Å². The maximum Gasteiger partial charge on any atom is 0.249 e. The summed E-state index contributed by atoms with van der Waals surface area (Å²) in [5, 5.41) is 1.88. The summed E-state index contributed by atoms with van der Waals surface area (Å²) in [5.74, 6) is -0.424. The van der Waals surface area contributed by atoms with Crippen LogP contribution < -0.4 is 5.73 Å². The Morgan fingerprint density at radius 2 is 1.32 bits per heavy atom. The molecule has 0 atom stereocenters. The van der Waals surface area contributed by atoms with Crippen molar-refractivity contribution in [3.63, 3.8) is 0 Å². The monoisotopic (exact) mass is 404 g/mol. The van der Waals surface area contributed by atoms with E-state index in [1.54, 1.807) is 6.07 Å². The van der Waals surface area contributed by atoms with Crippen molar-refractivity contribution < 1.29 is 9.59 Å². The van der Waals surface area contributed by atoms with E-state index in [4.69, 9.17) is 5.73 Å². The van der Waals surface area contributed by atoms with Crippen LogP contribution in [-0.2, 0) is 6.54 Å². The van der Waals surface area contributed by atoms with Crippen molar-refractivity contribution in [1.82, 2.24) is 4.57 Å². The number of carbonyl (C=O) groups is 2. The summed E-state index contributed by atoms with van der Waals surface area (Å²) in [6.07, 6.45) is 0. The first kappa shape index (κ1) is 18.8. The number of rotatable bonds is 5. The van der Waals surface area contributed by atoms with Gasteiger partial charge in [0, 0.05) is 39.5 Å². The van der Waals surface area contributed by atoms with Crippen molar-refractivity contribution in [2.45, 2.75) is 6.54 Å². The number of fused-ring (bicyclic) bond motifs is 3. The molecule has 1 heterocycles. The van der Waals surface area contributed by atoms with Gasteiger partial charge in [-0.25, -0.2) is 0 Å². The normalized spacial score (nSPS) is 11.1. The summed E-state index contributed by atoms with van der Waals surface area (Å²) in [6, 6.07) is 30.6. The molecule has 0 spiro atoms. The lowest BCUT2D eigenvalue weighted by atomic mass is 10.0. The quantitative estimate of drug-likeness (QED) is 0.411. The minimum Gasteiger partial charge on any atom is -0.366 e. The highest BCUT2D eigenvalue weighted by Gasteiger charge is 2.16. The highest BCUT2D eigenvalue weighted by Crippen LogP contribution is 2.32. The zero-order valence-corrected chi connectivity index (χ0v) is 16.8. The Morgan fingerprint density at radius 1 is 0.677 bits per heavy atom. The zero-order valence-electron chi connectivity index (χ0n) is 16.8. The van der Waals surface area contributed by atoms with Gasteiger partial charge in [-0.15, -0.1) is 0 Å². The molecule has 0 saturated carbocycles. The van der Waals surface area contributed by atoms with Crippen molar-refractivity contribution in [3.05, 3.63) is 119 Å². The average Bonchev–Trinajstić information content (AvgIpc) is 3.13. The van der Waals surface area contributed by atoms with Crippen LogP contribution in [0.3, 0.4) is 0 Å². The molecule has 0 aliphatic rings. The van der Waals surface area contributed by atoms with Crippen LogP contribution in [0.25, 0.3) is 21.8 Å². The van der Waals surface area contributed by atoms with Gasteiger partial charge < -0.3 is 10.3 Å². The number of benzene rings is 4. The van der Waals surface area contributed by atoms with Gasteiger partial charge >= 0.3 is 0 Å². The minimum atomic E-state index is -0.433. The third kappa shape index (κ3) is 3.28. The number of aromatic nitrogens is 1. The number of carbonyl (C=O) groups excluding carboxylic acids is 2. The Labute approximate surface area is 179 Å². The fourth-order valence-corrected chi connectivity index (χ4v) is 4.17. The van der Waals surface area contributed by atoms with Gasteiger partial charge in [-0.2, -0.15) is 0 Å². The number of nitrogens with two attached hydrogens (primary N) is 1. The molecule has 0 radical (unpaired) electrons. The third-order valence-electron chi connectivity index (χ3n) is 5.66. The summed E-state index contributed by atoms with van der Waals surface area (Å²) in [5.41, 5.74) is 10.6. The Balaban J connectivity index is 1.56. The molecule has 1 aromatic heterocycles. The number of primary amides is 1. The molecule has 150 valence electrons. The summed E-state index contributed by atoms with van der Waals surface area (Å²) < 4.78 is 2.19. The Kier molecular flexibility index (Phi) is 4.60. The molecule has 4 aromatic carbocycles. The van der Waals surface area contributed by atoms with Crippen molar-refractivity contribution >= 4 is 33.5 Å². The van der Waals surface area contributed by atoms with E-state index in [1.165, 1.54) is 0 Å². The van der Waals surface area contributed by atoms with Crippen LogP contribution in [0, 0.1) is 0 Å².